The van der Waals surface area contributed by atoms with Gasteiger partial charge in [-0.15, -0.1) is 0 Å². The maximum absolute atomic E-state index is 6.07. The SMILES string of the molecule is CCN1CCN(c2ccc(CNc3ncnc(N)c3Cl)cn2)CC1. The van der Waals surface area contributed by atoms with Crippen molar-refractivity contribution in [3.63, 3.8) is 0 Å². The van der Waals surface area contributed by atoms with E-state index in [0.717, 1.165) is 44.1 Å². The van der Waals surface area contributed by atoms with Gasteiger partial charge in [0.05, 0.1) is 0 Å². The summed E-state index contributed by atoms with van der Waals surface area (Å²) < 4.78 is 0. The number of nitrogens with zero attached hydrogens (tertiary/aromatic N) is 5. The molecule has 3 N–H and O–H groups in total. The quantitative estimate of drug-likeness (QED) is 0.854. The molecule has 2 aromatic heterocycles. The lowest BCUT2D eigenvalue weighted by molar-refractivity contribution is 0.270. The van der Waals surface area contributed by atoms with Gasteiger partial charge in [0.1, 0.15) is 23.0 Å². The minimum absolute atomic E-state index is 0.272. The third-order valence-electron chi connectivity index (χ3n) is 4.23. The highest BCUT2D eigenvalue weighted by molar-refractivity contribution is 6.35. The summed E-state index contributed by atoms with van der Waals surface area (Å²) >= 11 is 6.07. The fourth-order valence-corrected chi connectivity index (χ4v) is 2.86. The lowest BCUT2D eigenvalue weighted by atomic mass is 10.2. The first-order valence-electron chi connectivity index (χ1n) is 8.09. The van der Waals surface area contributed by atoms with E-state index >= 15 is 0 Å². The van der Waals surface area contributed by atoms with Gasteiger partial charge in [-0.25, -0.2) is 15.0 Å². The maximum Gasteiger partial charge on any atom is 0.150 e. The molecule has 0 aromatic carbocycles. The Morgan fingerprint density at radius 1 is 1.17 bits per heavy atom. The molecule has 0 spiro atoms. The van der Waals surface area contributed by atoms with E-state index in [2.05, 4.69) is 49.1 Å². The summed E-state index contributed by atoms with van der Waals surface area (Å²) in [4.78, 5) is 17.3. The van der Waals surface area contributed by atoms with Crippen molar-refractivity contribution in [1.82, 2.24) is 19.9 Å². The summed E-state index contributed by atoms with van der Waals surface area (Å²) in [7, 11) is 0. The lowest BCUT2D eigenvalue weighted by Gasteiger charge is -2.34. The molecule has 1 fully saturated rings. The first-order valence-corrected chi connectivity index (χ1v) is 8.47. The fourth-order valence-electron chi connectivity index (χ4n) is 2.69. The van der Waals surface area contributed by atoms with Crippen LogP contribution in [0.4, 0.5) is 17.5 Å². The second-order valence-corrected chi connectivity index (χ2v) is 6.10. The highest BCUT2D eigenvalue weighted by atomic mass is 35.5. The van der Waals surface area contributed by atoms with Crippen molar-refractivity contribution in [2.45, 2.75) is 13.5 Å². The van der Waals surface area contributed by atoms with E-state index in [0.29, 0.717) is 17.4 Å². The van der Waals surface area contributed by atoms with Gasteiger partial charge in [0.25, 0.3) is 0 Å². The van der Waals surface area contributed by atoms with Crippen molar-refractivity contribution in [2.24, 2.45) is 0 Å². The van der Waals surface area contributed by atoms with E-state index in [1.165, 1.54) is 6.33 Å². The number of nitrogen functional groups attached to an aromatic ring is 1. The smallest absolute Gasteiger partial charge is 0.150 e. The molecule has 0 unspecified atom stereocenters. The Kier molecular flexibility index (Phi) is 5.32. The Morgan fingerprint density at radius 3 is 2.62 bits per heavy atom. The number of aromatic nitrogens is 3. The van der Waals surface area contributed by atoms with Gasteiger partial charge < -0.3 is 20.9 Å². The van der Waals surface area contributed by atoms with E-state index in [1.54, 1.807) is 0 Å². The van der Waals surface area contributed by atoms with Crippen molar-refractivity contribution in [3.05, 3.63) is 35.2 Å². The molecular weight excluding hydrogens is 326 g/mol. The van der Waals surface area contributed by atoms with Gasteiger partial charge in [-0.05, 0) is 18.2 Å². The third kappa shape index (κ3) is 3.85. The normalized spacial score (nSPS) is 15.5. The van der Waals surface area contributed by atoms with Crippen molar-refractivity contribution in [3.8, 4) is 0 Å². The molecular formula is C16H22ClN7. The minimum atomic E-state index is 0.272. The van der Waals surface area contributed by atoms with Crippen LogP contribution >= 0.6 is 11.6 Å². The highest BCUT2D eigenvalue weighted by Crippen LogP contribution is 2.23. The van der Waals surface area contributed by atoms with Crippen LogP contribution in [0.3, 0.4) is 0 Å². The summed E-state index contributed by atoms with van der Waals surface area (Å²) in [5.41, 5.74) is 6.72. The number of piperazine rings is 1. The van der Waals surface area contributed by atoms with E-state index in [9.17, 15) is 0 Å². The van der Waals surface area contributed by atoms with Gasteiger partial charge >= 0.3 is 0 Å². The minimum Gasteiger partial charge on any atom is -0.382 e. The zero-order valence-electron chi connectivity index (χ0n) is 13.7. The monoisotopic (exact) mass is 347 g/mol. The van der Waals surface area contributed by atoms with E-state index in [4.69, 9.17) is 17.3 Å². The highest BCUT2D eigenvalue weighted by Gasteiger charge is 2.16. The molecule has 24 heavy (non-hydrogen) atoms. The van der Waals surface area contributed by atoms with Crippen molar-refractivity contribution < 1.29 is 0 Å². The Labute approximate surface area is 146 Å². The molecule has 0 aliphatic carbocycles. The van der Waals surface area contributed by atoms with Crippen LogP contribution in [0.1, 0.15) is 12.5 Å². The van der Waals surface area contributed by atoms with E-state index < -0.39 is 0 Å². The van der Waals surface area contributed by atoms with Crippen LogP contribution in [-0.2, 0) is 6.54 Å². The van der Waals surface area contributed by atoms with Gasteiger partial charge in [0, 0.05) is 38.9 Å². The van der Waals surface area contributed by atoms with Crippen molar-refractivity contribution in [1.29, 1.82) is 0 Å². The number of hydrogen-bond acceptors (Lipinski definition) is 7. The summed E-state index contributed by atoms with van der Waals surface area (Å²) in [6.07, 6.45) is 3.27. The molecule has 3 heterocycles. The molecule has 8 heteroatoms. The predicted molar refractivity (Wildman–Crippen MR) is 97.3 cm³/mol. The van der Waals surface area contributed by atoms with Gasteiger partial charge in [-0.2, -0.15) is 0 Å². The molecule has 128 valence electrons. The number of nitrogens with two attached hydrogens (primary N) is 1. The zero-order chi connectivity index (χ0) is 16.9. The number of hydrogen-bond donors (Lipinski definition) is 2. The first-order chi connectivity index (χ1) is 11.7. The van der Waals surface area contributed by atoms with Crippen LogP contribution in [0.25, 0.3) is 0 Å². The van der Waals surface area contributed by atoms with Gasteiger partial charge in [-0.1, -0.05) is 24.6 Å². The Bertz CT molecular complexity index is 669. The van der Waals surface area contributed by atoms with Crippen LogP contribution in [0, 0.1) is 0 Å². The standard InChI is InChI=1S/C16H22ClN7/c1-2-23-5-7-24(8-6-23)13-4-3-12(9-19-13)10-20-16-14(17)15(18)21-11-22-16/h3-4,9,11H,2,5-8,10H2,1H3,(H3,18,20,21,22). The number of halogens is 1. The maximum atomic E-state index is 6.07. The number of pyridine rings is 1. The summed E-state index contributed by atoms with van der Waals surface area (Å²) in [6, 6.07) is 4.13. The van der Waals surface area contributed by atoms with Crippen molar-refractivity contribution in [2.75, 3.05) is 48.7 Å². The zero-order valence-corrected chi connectivity index (χ0v) is 14.5. The molecule has 1 aliphatic rings. The van der Waals surface area contributed by atoms with Crippen LogP contribution < -0.4 is 16.0 Å². The largest absolute Gasteiger partial charge is 0.382 e. The topological polar surface area (TPSA) is 83.2 Å². The molecule has 3 rings (SSSR count). The third-order valence-corrected chi connectivity index (χ3v) is 4.60. The van der Waals surface area contributed by atoms with Crippen LogP contribution in [0.5, 0.6) is 0 Å². The molecule has 1 aliphatic heterocycles. The Balaban J connectivity index is 1.58. The molecule has 7 nitrogen and oxygen atoms in total. The molecule has 0 atom stereocenters. The lowest BCUT2D eigenvalue weighted by Crippen LogP contribution is -2.46. The summed E-state index contributed by atoms with van der Waals surface area (Å²) in [5.74, 6) is 1.83. The first kappa shape index (κ1) is 16.7. The predicted octanol–water partition coefficient (Wildman–Crippen LogP) is 1.86. The second kappa shape index (κ2) is 7.63. The number of anilines is 3. The van der Waals surface area contributed by atoms with E-state index in [-0.39, 0.29) is 5.82 Å². The molecule has 0 saturated carbocycles. The van der Waals surface area contributed by atoms with Crippen LogP contribution in [0.2, 0.25) is 5.02 Å². The Hall–Kier alpha value is -2.12. The molecule has 0 amide bonds. The molecule has 0 radical (unpaired) electrons. The summed E-state index contributed by atoms with van der Waals surface area (Å²) in [5, 5.41) is 3.50. The number of likely N-dealkylation sites (N-methyl/N-ethyl adjacent to an activating group) is 1. The van der Waals surface area contributed by atoms with Crippen LogP contribution in [0.15, 0.2) is 24.7 Å². The molecule has 2 aromatic rings. The summed E-state index contributed by atoms with van der Waals surface area (Å²) in [6.45, 7) is 8.12. The van der Waals surface area contributed by atoms with E-state index in [1.807, 2.05) is 6.20 Å². The average Bonchev–Trinajstić information content (AvgIpc) is 2.63. The average molecular weight is 348 g/mol. The second-order valence-electron chi connectivity index (χ2n) is 5.72. The van der Waals surface area contributed by atoms with Gasteiger partial charge in [0.2, 0.25) is 0 Å². The van der Waals surface area contributed by atoms with Gasteiger partial charge in [-0.3, -0.25) is 0 Å². The van der Waals surface area contributed by atoms with Crippen LogP contribution in [-0.4, -0.2) is 52.6 Å². The number of nitrogens with one attached hydrogen (secondary N) is 1. The fraction of sp³-hybridized carbons (Fsp3) is 0.438. The Morgan fingerprint density at radius 2 is 1.96 bits per heavy atom. The van der Waals surface area contributed by atoms with Gasteiger partial charge in [0.15, 0.2) is 5.82 Å². The molecule has 0 bridgehead atoms. The molecule has 1 saturated heterocycles. The van der Waals surface area contributed by atoms with Crippen molar-refractivity contribution >= 4 is 29.1 Å². The number of rotatable bonds is 5.